The second-order valence-corrected chi connectivity index (χ2v) is 16.6. The molecule has 296 valence electrons. The predicted octanol–water partition coefficient (Wildman–Crippen LogP) is 8.58. The molecule has 4 rings (SSSR count). The SMILES string of the molecule is CCCCCC=CCC=CCCCCCCCCOC(=O)CCC(=O)OCC(=O)[C@@]1(O)[C@H](C)C[C@H]2[C@@H]3CCC4=CC(=O)C=C[C@]4(C)[C@@]3(F)[C@@H](O)C[C@@]21C. The average molecular weight is 741 g/mol. The first-order valence-electron chi connectivity index (χ1n) is 20.4. The second kappa shape index (κ2) is 19.1. The Bertz CT molecular complexity index is 1420. The Kier molecular flexibility index (Phi) is 15.4. The van der Waals surface area contributed by atoms with Crippen molar-refractivity contribution in [2.75, 3.05) is 13.2 Å². The monoisotopic (exact) mass is 740 g/mol. The Morgan fingerprint density at radius 3 is 2.21 bits per heavy atom. The third kappa shape index (κ3) is 9.32. The number of carbonyl (C=O) groups excluding carboxylic acids is 4. The maximum absolute atomic E-state index is 17.4. The molecule has 8 atom stereocenters. The number of halogens is 1. The number of esters is 2. The van der Waals surface area contributed by atoms with Crippen LogP contribution in [0, 0.1) is 28.6 Å². The van der Waals surface area contributed by atoms with Crippen LogP contribution in [0.25, 0.3) is 0 Å². The zero-order chi connectivity index (χ0) is 38.7. The Morgan fingerprint density at radius 1 is 0.906 bits per heavy atom. The molecule has 2 N–H and O–H groups in total. The number of ketones is 2. The van der Waals surface area contributed by atoms with Gasteiger partial charge in [-0.15, -0.1) is 0 Å². The fourth-order valence-electron chi connectivity index (χ4n) is 10.0. The van der Waals surface area contributed by atoms with Crippen LogP contribution in [0.5, 0.6) is 0 Å². The van der Waals surface area contributed by atoms with Crippen LogP contribution in [0.3, 0.4) is 0 Å². The number of rotatable bonds is 21. The van der Waals surface area contributed by atoms with Gasteiger partial charge in [0.15, 0.2) is 18.1 Å². The molecule has 4 aliphatic rings. The summed E-state index contributed by atoms with van der Waals surface area (Å²) in [6.45, 7) is 7.05. The molecule has 0 aromatic carbocycles. The fraction of sp³-hybridized carbons (Fsp3) is 0.727. The molecule has 0 aliphatic heterocycles. The number of fused-ring (bicyclic) bond motifs is 5. The Hall–Kier alpha value is -2.91. The van der Waals surface area contributed by atoms with E-state index in [2.05, 4.69) is 31.2 Å². The third-order valence-electron chi connectivity index (χ3n) is 13.2. The minimum absolute atomic E-state index is 0.156. The van der Waals surface area contributed by atoms with E-state index < -0.39 is 70.3 Å². The van der Waals surface area contributed by atoms with Gasteiger partial charge in [-0.2, -0.15) is 0 Å². The van der Waals surface area contributed by atoms with Crippen LogP contribution in [0.2, 0.25) is 0 Å². The van der Waals surface area contributed by atoms with E-state index in [-0.39, 0.29) is 25.0 Å². The largest absolute Gasteiger partial charge is 0.466 e. The molecule has 8 nitrogen and oxygen atoms in total. The molecule has 4 aliphatic carbocycles. The summed E-state index contributed by atoms with van der Waals surface area (Å²) in [6, 6.07) is 0. The summed E-state index contributed by atoms with van der Waals surface area (Å²) in [5.41, 5.74) is -5.69. The van der Waals surface area contributed by atoms with Crippen molar-refractivity contribution in [3.63, 3.8) is 0 Å². The maximum Gasteiger partial charge on any atom is 0.306 e. The van der Waals surface area contributed by atoms with E-state index in [0.29, 0.717) is 31.4 Å². The van der Waals surface area contributed by atoms with E-state index in [1.165, 1.54) is 50.7 Å². The van der Waals surface area contributed by atoms with Gasteiger partial charge in [0.1, 0.15) is 5.60 Å². The van der Waals surface area contributed by atoms with Gasteiger partial charge in [-0.1, -0.05) is 95.2 Å². The van der Waals surface area contributed by atoms with Crippen molar-refractivity contribution in [1.29, 1.82) is 0 Å². The summed E-state index contributed by atoms with van der Waals surface area (Å²) in [4.78, 5) is 50.5. The van der Waals surface area contributed by atoms with Crippen LogP contribution in [-0.4, -0.2) is 64.3 Å². The number of hydrogen-bond donors (Lipinski definition) is 2. The molecule has 53 heavy (non-hydrogen) atoms. The first-order valence-corrected chi connectivity index (χ1v) is 20.4. The molecule has 0 aromatic rings. The lowest BCUT2D eigenvalue weighted by atomic mass is 9.44. The molecule has 0 unspecified atom stereocenters. The number of alkyl halides is 1. The Morgan fingerprint density at radius 2 is 1.53 bits per heavy atom. The van der Waals surface area contributed by atoms with Crippen LogP contribution >= 0.6 is 0 Å². The van der Waals surface area contributed by atoms with Crippen LogP contribution in [0.1, 0.15) is 143 Å². The Balaban J connectivity index is 1.12. The zero-order valence-electron chi connectivity index (χ0n) is 32.7. The Labute approximate surface area is 316 Å². The highest BCUT2D eigenvalue weighted by Crippen LogP contribution is 2.70. The molecule has 3 saturated carbocycles. The molecule has 3 fully saturated rings. The molecular formula is C44H65FO8. The average Bonchev–Trinajstić information content (AvgIpc) is 3.33. The second-order valence-electron chi connectivity index (χ2n) is 16.6. The number of Topliss-reactive ketones (excluding diaryl/α,β-unsaturated/α-hetero) is 1. The lowest BCUT2D eigenvalue weighted by Gasteiger charge is -2.62. The molecule has 0 heterocycles. The van der Waals surface area contributed by atoms with E-state index in [9.17, 15) is 29.4 Å². The summed E-state index contributed by atoms with van der Waals surface area (Å²) in [5.74, 6) is -3.77. The van der Waals surface area contributed by atoms with Gasteiger partial charge >= 0.3 is 11.9 Å². The molecule has 9 heteroatoms. The van der Waals surface area contributed by atoms with Gasteiger partial charge in [0.25, 0.3) is 0 Å². The van der Waals surface area contributed by atoms with Crippen molar-refractivity contribution >= 4 is 23.5 Å². The van der Waals surface area contributed by atoms with Gasteiger partial charge < -0.3 is 19.7 Å². The first-order chi connectivity index (χ1) is 25.3. The first kappa shape index (κ1) is 42.8. The van der Waals surface area contributed by atoms with Crippen molar-refractivity contribution < 1.29 is 43.3 Å². The minimum atomic E-state index is -2.07. The van der Waals surface area contributed by atoms with Crippen molar-refractivity contribution in [1.82, 2.24) is 0 Å². The molecule has 0 aromatic heterocycles. The molecule has 0 amide bonds. The van der Waals surface area contributed by atoms with Crippen LogP contribution in [0.15, 0.2) is 48.1 Å². The highest BCUT2D eigenvalue weighted by Gasteiger charge is 2.75. The van der Waals surface area contributed by atoms with Crippen LogP contribution < -0.4 is 0 Å². The molecular weight excluding hydrogens is 675 g/mol. The summed E-state index contributed by atoms with van der Waals surface area (Å²) < 4.78 is 27.9. The van der Waals surface area contributed by atoms with Crippen molar-refractivity contribution in [3.8, 4) is 0 Å². The number of hydrogen-bond acceptors (Lipinski definition) is 8. The smallest absolute Gasteiger partial charge is 0.306 e. The number of carbonyl (C=O) groups is 4. The third-order valence-corrected chi connectivity index (χ3v) is 13.2. The summed E-state index contributed by atoms with van der Waals surface area (Å²) >= 11 is 0. The maximum atomic E-state index is 17.4. The summed E-state index contributed by atoms with van der Waals surface area (Å²) in [6.07, 6.45) is 26.1. The highest BCUT2D eigenvalue weighted by molar-refractivity contribution is 6.01. The topological polar surface area (TPSA) is 127 Å². The number of aliphatic hydroxyl groups is 2. The van der Waals surface area contributed by atoms with Gasteiger partial charge in [0.05, 0.1) is 25.6 Å². The van der Waals surface area contributed by atoms with Gasteiger partial charge in [0, 0.05) is 16.7 Å². The van der Waals surface area contributed by atoms with Gasteiger partial charge in [-0.25, -0.2) is 4.39 Å². The van der Waals surface area contributed by atoms with Crippen molar-refractivity contribution in [2.24, 2.45) is 28.6 Å². The van der Waals surface area contributed by atoms with E-state index >= 15 is 4.39 Å². The van der Waals surface area contributed by atoms with E-state index in [1.54, 1.807) is 26.8 Å². The zero-order valence-corrected chi connectivity index (χ0v) is 32.7. The number of ether oxygens (including phenoxy) is 2. The minimum Gasteiger partial charge on any atom is -0.466 e. The highest BCUT2D eigenvalue weighted by atomic mass is 19.1. The van der Waals surface area contributed by atoms with E-state index in [4.69, 9.17) is 9.47 Å². The van der Waals surface area contributed by atoms with E-state index in [0.717, 1.165) is 38.5 Å². The number of aliphatic hydroxyl groups excluding tert-OH is 1. The van der Waals surface area contributed by atoms with Crippen LogP contribution in [-0.2, 0) is 28.7 Å². The van der Waals surface area contributed by atoms with Gasteiger partial charge in [-0.05, 0) is 95.1 Å². The fourth-order valence-corrected chi connectivity index (χ4v) is 10.0. The molecule has 0 radical (unpaired) electrons. The summed E-state index contributed by atoms with van der Waals surface area (Å²) in [5, 5.41) is 23.6. The molecule has 0 bridgehead atoms. The lowest BCUT2D eigenvalue weighted by Crippen LogP contribution is -2.69. The van der Waals surface area contributed by atoms with Crippen molar-refractivity contribution in [2.45, 2.75) is 161 Å². The quantitative estimate of drug-likeness (QED) is 0.0681. The number of allylic oxidation sites excluding steroid dienone is 8. The van der Waals surface area contributed by atoms with Gasteiger partial charge in [-0.3, -0.25) is 19.2 Å². The van der Waals surface area contributed by atoms with Crippen molar-refractivity contribution in [3.05, 3.63) is 48.1 Å². The standard InChI is InChI=1S/C44H65FO8/c1-5-6-7-8-9-10-11-12-13-14-15-16-17-18-19-20-27-52-39(49)23-24-40(50)53-31-38(48)44(51)32(2)28-36-35-22-21-33-29-34(46)25-26-41(33,3)43(35,45)37(47)30-42(36,44)4/h9-10,12-13,25-26,29,32,35-37,47,51H,5-8,11,14-24,27-28,30-31H2,1-4H3/t32-,35+,36+,37+,41+,42+,43+,44+/m1/s1. The normalized spacial score (nSPS) is 33.4. The van der Waals surface area contributed by atoms with Crippen LogP contribution in [0.4, 0.5) is 4.39 Å². The summed E-state index contributed by atoms with van der Waals surface area (Å²) in [7, 11) is 0. The predicted molar refractivity (Wildman–Crippen MR) is 203 cm³/mol. The lowest BCUT2D eigenvalue weighted by molar-refractivity contribution is -0.220. The van der Waals surface area contributed by atoms with Gasteiger partial charge in [0.2, 0.25) is 5.78 Å². The molecule has 0 saturated heterocycles. The van der Waals surface area contributed by atoms with E-state index in [1.807, 2.05) is 0 Å². The molecule has 0 spiro atoms. The number of unbranched alkanes of at least 4 members (excludes halogenated alkanes) is 9.